The van der Waals surface area contributed by atoms with Crippen LogP contribution in [-0.4, -0.2) is 9.97 Å². The summed E-state index contributed by atoms with van der Waals surface area (Å²) in [6.45, 7) is 6.23. The molecule has 60 valence electrons. The van der Waals surface area contributed by atoms with Gasteiger partial charge in [-0.3, -0.25) is 4.98 Å². The smallest absolute Gasteiger partial charge is 0.147 e. The van der Waals surface area contributed by atoms with Crippen molar-refractivity contribution in [2.45, 2.75) is 26.2 Å². The molecular formula is C8H11ClN2. The van der Waals surface area contributed by atoms with Gasteiger partial charge in [0, 0.05) is 11.6 Å². The summed E-state index contributed by atoms with van der Waals surface area (Å²) in [5.41, 5.74) is 0.947. The Morgan fingerprint density at radius 2 is 1.91 bits per heavy atom. The number of nitrogens with zero attached hydrogens (tertiary/aromatic N) is 2. The predicted octanol–water partition coefficient (Wildman–Crippen LogP) is 2.43. The zero-order valence-corrected chi connectivity index (χ0v) is 7.68. The molecule has 0 aliphatic rings. The van der Waals surface area contributed by atoms with Gasteiger partial charge in [-0.25, -0.2) is 4.98 Å². The topological polar surface area (TPSA) is 25.8 Å². The number of hydrogen-bond acceptors (Lipinski definition) is 2. The molecule has 2 nitrogen and oxygen atoms in total. The molecule has 0 spiro atoms. The lowest BCUT2D eigenvalue weighted by molar-refractivity contribution is 0.565. The third-order valence-corrected chi connectivity index (χ3v) is 1.56. The molecule has 0 saturated carbocycles. The second-order valence-corrected chi connectivity index (χ2v) is 3.86. The van der Waals surface area contributed by atoms with Gasteiger partial charge in [-0.2, -0.15) is 0 Å². The lowest BCUT2D eigenvalue weighted by atomic mass is 9.93. The summed E-state index contributed by atoms with van der Waals surface area (Å²) in [4.78, 5) is 8.10. The zero-order chi connectivity index (χ0) is 8.48. The van der Waals surface area contributed by atoms with Crippen molar-refractivity contribution >= 4 is 11.6 Å². The lowest BCUT2D eigenvalue weighted by Crippen LogP contribution is -2.13. The molecular weight excluding hydrogens is 160 g/mol. The van der Waals surface area contributed by atoms with Gasteiger partial charge in [0.2, 0.25) is 0 Å². The van der Waals surface area contributed by atoms with Crippen molar-refractivity contribution in [2.24, 2.45) is 0 Å². The SMILES string of the molecule is CC(C)(C)c1cncc(Cl)n1. The van der Waals surface area contributed by atoms with E-state index >= 15 is 0 Å². The molecule has 0 atom stereocenters. The summed E-state index contributed by atoms with van der Waals surface area (Å²) < 4.78 is 0. The number of halogens is 1. The number of hydrogen-bond donors (Lipinski definition) is 0. The fraction of sp³-hybridized carbons (Fsp3) is 0.500. The molecule has 3 heteroatoms. The lowest BCUT2D eigenvalue weighted by Gasteiger charge is -2.16. The monoisotopic (exact) mass is 170 g/mol. The summed E-state index contributed by atoms with van der Waals surface area (Å²) in [7, 11) is 0. The van der Waals surface area contributed by atoms with Gasteiger partial charge < -0.3 is 0 Å². The Morgan fingerprint density at radius 3 is 2.27 bits per heavy atom. The van der Waals surface area contributed by atoms with Gasteiger partial charge in [-0.1, -0.05) is 32.4 Å². The van der Waals surface area contributed by atoms with Crippen molar-refractivity contribution in [1.82, 2.24) is 9.97 Å². The van der Waals surface area contributed by atoms with Gasteiger partial charge in [-0.05, 0) is 0 Å². The quantitative estimate of drug-likeness (QED) is 0.598. The van der Waals surface area contributed by atoms with Gasteiger partial charge in [0.15, 0.2) is 0 Å². The van der Waals surface area contributed by atoms with E-state index in [0.29, 0.717) is 5.15 Å². The Morgan fingerprint density at radius 1 is 1.27 bits per heavy atom. The minimum atomic E-state index is 0.0257. The van der Waals surface area contributed by atoms with Crippen LogP contribution in [0.15, 0.2) is 12.4 Å². The number of aromatic nitrogens is 2. The molecule has 0 N–H and O–H groups in total. The molecule has 0 bridgehead atoms. The van der Waals surface area contributed by atoms with Crippen molar-refractivity contribution < 1.29 is 0 Å². The van der Waals surface area contributed by atoms with Crippen LogP contribution >= 0.6 is 11.6 Å². The minimum absolute atomic E-state index is 0.0257. The average molecular weight is 171 g/mol. The Balaban J connectivity index is 3.06. The first-order valence-electron chi connectivity index (χ1n) is 3.48. The highest BCUT2D eigenvalue weighted by Crippen LogP contribution is 2.19. The molecule has 0 aliphatic heterocycles. The second kappa shape index (κ2) is 2.78. The fourth-order valence-electron chi connectivity index (χ4n) is 0.704. The van der Waals surface area contributed by atoms with Crippen molar-refractivity contribution in [3.05, 3.63) is 23.2 Å². The molecule has 0 aliphatic carbocycles. The summed E-state index contributed by atoms with van der Waals surface area (Å²) in [5, 5.41) is 0.456. The van der Waals surface area contributed by atoms with E-state index in [-0.39, 0.29) is 5.41 Å². The molecule has 0 aromatic carbocycles. The van der Waals surface area contributed by atoms with Crippen LogP contribution in [0.3, 0.4) is 0 Å². The molecule has 1 aromatic rings. The molecule has 0 fully saturated rings. The van der Waals surface area contributed by atoms with Gasteiger partial charge in [0.05, 0.1) is 11.9 Å². The Labute approximate surface area is 71.6 Å². The largest absolute Gasteiger partial charge is 0.260 e. The molecule has 0 amide bonds. The van der Waals surface area contributed by atoms with E-state index in [0.717, 1.165) is 5.69 Å². The predicted molar refractivity (Wildman–Crippen MR) is 45.7 cm³/mol. The first-order valence-corrected chi connectivity index (χ1v) is 3.86. The molecule has 0 saturated heterocycles. The van der Waals surface area contributed by atoms with Crippen LogP contribution in [0.25, 0.3) is 0 Å². The minimum Gasteiger partial charge on any atom is -0.260 e. The summed E-state index contributed by atoms with van der Waals surface area (Å²) >= 11 is 5.68. The van der Waals surface area contributed by atoms with Gasteiger partial charge in [0.25, 0.3) is 0 Å². The summed E-state index contributed by atoms with van der Waals surface area (Å²) in [6, 6.07) is 0. The van der Waals surface area contributed by atoms with E-state index in [1.54, 1.807) is 6.20 Å². The van der Waals surface area contributed by atoms with Crippen LogP contribution in [0.5, 0.6) is 0 Å². The maximum absolute atomic E-state index is 5.68. The van der Waals surface area contributed by atoms with Gasteiger partial charge >= 0.3 is 0 Å². The van der Waals surface area contributed by atoms with Crippen LogP contribution in [0.1, 0.15) is 26.5 Å². The van der Waals surface area contributed by atoms with E-state index < -0.39 is 0 Å². The molecule has 0 radical (unpaired) electrons. The highest BCUT2D eigenvalue weighted by Gasteiger charge is 2.15. The van der Waals surface area contributed by atoms with Crippen molar-refractivity contribution in [2.75, 3.05) is 0 Å². The Bertz CT molecular complexity index is 253. The van der Waals surface area contributed by atoms with Crippen LogP contribution < -0.4 is 0 Å². The maximum Gasteiger partial charge on any atom is 0.147 e. The average Bonchev–Trinajstić information content (AvgIpc) is 1.86. The summed E-state index contributed by atoms with van der Waals surface area (Å²) in [6.07, 6.45) is 3.28. The van der Waals surface area contributed by atoms with Crippen LogP contribution in [0.2, 0.25) is 5.15 Å². The second-order valence-electron chi connectivity index (χ2n) is 3.48. The highest BCUT2D eigenvalue weighted by atomic mass is 35.5. The van der Waals surface area contributed by atoms with Crippen LogP contribution in [0.4, 0.5) is 0 Å². The third-order valence-electron chi connectivity index (χ3n) is 1.37. The molecule has 11 heavy (non-hydrogen) atoms. The van der Waals surface area contributed by atoms with Crippen molar-refractivity contribution in [3.8, 4) is 0 Å². The van der Waals surface area contributed by atoms with Gasteiger partial charge in [0.1, 0.15) is 5.15 Å². The molecule has 1 rings (SSSR count). The fourth-order valence-corrected chi connectivity index (χ4v) is 0.851. The number of rotatable bonds is 0. The van der Waals surface area contributed by atoms with Crippen molar-refractivity contribution in [3.63, 3.8) is 0 Å². The first-order chi connectivity index (χ1) is 5.00. The van der Waals surface area contributed by atoms with E-state index in [2.05, 4.69) is 30.7 Å². The Hall–Kier alpha value is -0.630. The normalized spacial score (nSPS) is 11.6. The van der Waals surface area contributed by atoms with Crippen LogP contribution in [-0.2, 0) is 5.41 Å². The van der Waals surface area contributed by atoms with E-state index in [4.69, 9.17) is 11.6 Å². The van der Waals surface area contributed by atoms with Crippen LogP contribution in [0, 0.1) is 0 Å². The Kier molecular flexibility index (Phi) is 2.14. The maximum atomic E-state index is 5.68. The van der Waals surface area contributed by atoms with E-state index in [1.807, 2.05) is 0 Å². The first kappa shape index (κ1) is 8.47. The summed E-state index contributed by atoms with van der Waals surface area (Å²) in [5.74, 6) is 0. The zero-order valence-electron chi connectivity index (χ0n) is 6.93. The standard InChI is InChI=1S/C8H11ClN2/c1-8(2,3)6-4-10-5-7(9)11-6/h4-5H,1-3H3. The van der Waals surface area contributed by atoms with E-state index in [9.17, 15) is 0 Å². The molecule has 1 heterocycles. The van der Waals surface area contributed by atoms with E-state index in [1.165, 1.54) is 6.20 Å². The third kappa shape index (κ3) is 2.15. The molecule has 0 unspecified atom stereocenters. The molecule has 1 aromatic heterocycles. The van der Waals surface area contributed by atoms with Gasteiger partial charge in [-0.15, -0.1) is 0 Å². The van der Waals surface area contributed by atoms with Crippen molar-refractivity contribution in [1.29, 1.82) is 0 Å². The highest BCUT2D eigenvalue weighted by molar-refractivity contribution is 6.29.